The number of hydrogen-bond acceptors (Lipinski definition) is 8. The van der Waals surface area contributed by atoms with Gasteiger partial charge in [0, 0.05) is 35.2 Å². The minimum absolute atomic E-state index is 0.00958. The predicted octanol–water partition coefficient (Wildman–Crippen LogP) is 5.61. The van der Waals surface area contributed by atoms with E-state index in [1.165, 1.54) is 24.3 Å². The molecule has 8 nitrogen and oxygen atoms in total. The fraction of sp³-hybridized carbons (Fsp3) is 0.310. The van der Waals surface area contributed by atoms with Gasteiger partial charge in [-0.25, -0.2) is 4.79 Å². The molecular weight excluding hydrogens is 476 g/mol. The maximum Gasteiger partial charge on any atom is 0.336 e. The van der Waals surface area contributed by atoms with Gasteiger partial charge in [-0.05, 0) is 57.7 Å². The van der Waals surface area contributed by atoms with Crippen molar-refractivity contribution in [3.05, 3.63) is 80.0 Å². The summed E-state index contributed by atoms with van der Waals surface area (Å²) in [5, 5.41) is 21.0. The number of allylic oxidation sites excluding steroid dienone is 1. The Balaban J connectivity index is 0.000000173. The molecule has 2 aromatic carbocycles. The van der Waals surface area contributed by atoms with E-state index in [0.29, 0.717) is 64.9 Å². The fourth-order valence-corrected chi connectivity index (χ4v) is 4.02. The van der Waals surface area contributed by atoms with Gasteiger partial charge in [-0.3, -0.25) is 4.79 Å². The number of phenols is 2. The molecule has 0 fully saturated rings. The van der Waals surface area contributed by atoms with Crippen LogP contribution in [0.3, 0.4) is 0 Å². The van der Waals surface area contributed by atoms with E-state index in [-0.39, 0.29) is 22.3 Å². The van der Waals surface area contributed by atoms with Gasteiger partial charge in [-0.15, -0.1) is 0 Å². The molecule has 0 saturated heterocycles. The SMILES string of the molecule is CC(C)=CCOc1cc2oc(=O)ccc2cc1O.Cc1cc(=O)c2c(O)c3c(cc2o1)OCC(C)CC3. The highest BCUT2D eigenvalue weighted by Crippen LogP contribution is 2.38. The second-order valence-corrected chi connectivity index (χ2v) is 9.46. The van der Waals surface area contributed by atoms with Crippen LogP contribution in [0.15, 0.2) is 66.5 Å². The van der Waals surface area contributed by atoms with Gasteiger partial charge in [0.05, 0.1) is 6.61 Å². The number of ether oxygens (including phenoxy) is 2. The number of phenolic OH excluding ortho intramolecular Hbond substituents is 2. The van der Waals surface area contributed by atoms with Gasteiger partial charge in [0.2, 0.25) is 0 Å². The average molecular weight is 507 g/mol. The number of aryl methyl sites for hydroxylation is 1. The number of fused-ring (bicyclic) bond motifs is 3. The molecule has 0 amide bonds. The minimum Gasteiger partial charge on any atom is -0.507 e. The number of hydrogen-bond donors (Lipinski definition) is 2. The lowest BCUT2D eigenvalue weighted by Gasteiger charge is -2.11. The van der Waals surface area contributed by atoms with Crippen LogP contribution in [0.2, 0.25) is 0 Å². The van der Waals surface area contributed by atoms with Crippen molar-refractivity contribution in [2.24, 2.45) is 5.92 Å². The van der Waals surface area contributed by atoms with E-state index < -0.39 is 5.63 Å². The van der Waals surface area contributed by atoms with Crippen LogP contribution in [0.1, 0.15) is 38.5 Å². The molecule has 3 heterocycles. The van der Waals surface area contributed by atoms with Crippen molar-refractivity contribution >= 4 is 21.9 Å². The van der Waals surface area contributed by atoms with Crippen molar-refractivity contribution in [3.8, 4) is 23.0 Å². The Morgan fingerprint density at radius 2 is 1.86 bits per heavy atom. The summed E-state index contributed by atoms with van der Waals surface area (Å²) in [6.45, 7) is 8.72. The molecule has 0 spiro atoms. The topological polar surface area (TPSA) is 119 Å². The van der Waals surface area contributed by atoms with Gasteiger partial charge in [-0.1, -0.05) is 12.5 Å². The van der Waals surface area contributed by atoms with Crippen molar-refractivity contribution in [2.45, 2.75) is 40.5 Å². The maximum atomic E-state index is 12.0. The maximum absolute atomic E-state index is 12.0. The van der Waals surface area contributed by atoms with Crippen molar-refractivity contribution in [1.29, 1.82) is 0 Å². The molecule has 8 heteroatoms. The first-order chi connectivity index (χ1) is 17.6. The smallest absolute Gasteiger partial charge is 0.336 e. The van der Waals surface area contributed by atoms with E-state index in [9.17, 15) is 19.8 Å². The summed E-state index contributed by atoms with van der Waals surface area (Å²) < 4.78 is 21.7. The lowest BCUT2D eigenvalue weighted by atomic mass is 10.00. The molecule has 4 aromatic rings. The minimum atomic E-state index is -0.427. The Morgan fingerprint density at radius 3 is 2.62 bits per heavy atom. The highest BCUT2D eigenvalue weighted by molar-refractivity contribution is 5.87. The molecule has 37 heavy (non-hydrogen) atoms. The van der Waals surface area contributed by atoms with E-state index in [0.717, 1.165) is 12.0 Å². The van der Waals surface area contributed by atoms with Crippen LogP contribution >= 0.6 is 0 Å². The first kappa shape index (κ1) is 25.9. The van der Waals surface area contributed by atoms with E-state index >= 15 is 0 Å². The lowest BCUT2D eigenvalue weighted by Crippen LogP contribution is -2.05. The quantitative estimate of drug-likeness (QED) is 0.272. The Hall–Kier alpha value is -4.20. The number of benzene rings is 2. The summed E-state index contributed by atoms with van der Waals surface area (Å²) in [5.41, 5.74) is 1.98. The standard InChI is InChI=1S/C15H16O4.C14H14O4/c1-8-3-4-10-12(18-7-8)6-13-14(15(10)17)11(16)5-9(2)19-13;1-9(2)5-6-17-13-8-12-10(7-11(13)15)3-4-14(16)18-12/h5-6,8,17H,3-4,7H2,1-2H3;3-5,7-8,15H,6H2,1-2H3. The van der Waals surface area contributed by atoms with Gasteiger partial charge < -0.3 is 28.5 Å². The van der Waals surface area contributed by atoms with Crippen molar-refractivity contribution in [2.75, 3.05) is 13.2 Å². The molecule has 1 aliphatic heterocycles. The lowest BCUT2D eigenvalue weighted by molar-refractivity contribution is 0.265. The zero-order valence-corrected chi connectivity index (χ0v) is 21.3. The molecule has 5 rings (SSSR count). The Kier molecular flexibility index (Phi) is 7.57. The van der Waals surface area contributed by atoms with Gasteiger partial charge in [-0.2, -0.15) is 0 Å². The predicted molar refractivity (Wildman–Crippen MR) is 141 cm³/mol. The summed E-state index contributed by atoms with van der Waals surface area (Å²) in [6, 6.07) is 9.05. The summed E-state index contributed by atoms with van der Waals surface area (Å²) in [4.78, 5) is 23.1. The van der Waals surface area contributed by atoms with Crippen LogP contribution in [0.4, 0.5) is 0 Å². The summed E-state index contributed by atoms with van der Waals surface area (Å²) in [5.74, 6) is 1.92. The van der Waals surface area contributed by atoms with E-state index in [1.807, 2.05) is 19.9 Å². The number of aromatic hydroxyl groups is 2. The van der Waals surface area contributed by atoms with Crippen LogP contribution in [-0.2, 0) is 6.42 Å². The van der Waals surface area contributed by atoms with Crippen LogP contribution in [0.25, 0.3) is 21.9 Å². The van der Waals surface area contributed by atoms with Gasteiger partial charge in [0.1, 0.15) is 40.4 Å². The highest BCUT2D eigenvalue weighted by atomic mass is 16.5. The van der Waals surface area contributed by atoms with Crippen LogP contribution in [0.5, 0.6) is 23.0 Å². The zero-order valence-electron chi connectivity index (χ0n) is 21.3. The van der Waals surface area contributed by atoms with E-state index in [2.05, 4.69) is 6.92 Å². The molecule has 0 aliphatic carbocycles. The molecule has 1 aliphatic rings. The Morgan fingerprint density at radius 1 is 1.08 bits per heavy atom. The van der Waals surface area contributed by atoms with Crippen molar-refractivity contribution in [1.82, 2.24) is 0 Å². The van der Waals surface area contributed by atoms with Crippen molar-refractivity contribution in [3.63, 3.8) is 0 Å². The average Bonchev–Trinajstić information content (AvgIpc) is 3.01. The summed E-state index contributed by atoms with van der Waals surface area (Å²) >= 11 is 0. The van der Waals surface area contributed by atoms with Gasteiger partial charge in [0.25, 0.3) is 0 Å². The zero-order chi connectivity index (χ0) is 26.7. The summed E-state index contributed by atoms with van der Waals surface area (Å²) in [6.07, 6.45) is 3.54. The third-order valence-electron chi connectivity index (χ3n) is 6.02. The van der Waals surface area contributed by atoms with Crippen molar-refractivity contribution < 1.29 is 28.5 Å². The first-order valence-electron chi connectivity index (χ1n) is 12.1. The monoisotopic (exact) mass is 506 g/mol. The second-order valence-electron chi connectivity index (χ2n) is 9.46. The molecule has 2 N–H and O–H groups in total. The van der Waals surface area contributed by atoms with Crippen LogP contribution in [0, 0.1) is 12.8 Å². The molecule has 1 atom stereocenters. The molecule has 1 unspecified atom stereocenters. The molecule has 2 aromatic heterocycles. The fourth-order valence-electron chi connectivity index (χ4n) is 4.02. The number of rotatable bonds is 3. The molecule has 194 valence electrons. The van der Waals surface area contributed by atoms with E-state index in [4.69, 9.17) is 18.3 Å². The largest absolute Gasteiger partial charge is 0.507 e. The highest BCUT2D eigenvalue weighted by Gasteiger charge is 2.21. The van der Waals surface area contributed by atoms with Crippen LogP contribution in [-0.4, -0.2) is 23.4 Å². The third kappa shape index (κ3) is 5.97. The summed E-state index contributed by atoms with van der Waals surface area (Å²) in [7, 11) is 0. The molecule has 0 saturated carbocycles. The van der Waals surface area contributed by atoms with E-state index in [1.54, 1.807) is 19.1 Å². The Labute approximate surface area is 213 Å². The second kappa shape index (κ2) is 10.8. The molecular formula is C29H30O8. The molecule has 0 bridgehead atoms. The molecule has 0 radical (unpaired) electrons. The van der Waals surface area contributed by atoms with Gasteiger partial charge in [0.15, 0.2) is 16.9 Å². The Bertz CT molecular complexity index is 1590. The van der Waals surface area contributed by atoms with Gasteiger partial charge >= 0.3 is 5.63 Å². The normalized spacial score (nSPS) is 14.6. The van der Waals surface area contributed by atoms with Crippen LogP contribution < -0.4 is 20.5 Å². The first-order valence-corrected chi connectivity index (χ1v) is 12.1. The third-order valence-corrected chi connectivity index (χ3v) is 6.02.